The fraction of sp³-hybridized carbons (Fsp3) is 0.400. The highest BCUT2D eigenvalue weighted by molar-refractivity contribution is 5.92. The zero-order chi connectivity index (χ0) is 13.5. The summed E-state index contributed by atoms with van der Waals surface area (Å²) in [4.78, 5) is 12.0. The SMILES string of the molecule is O=C(Nc1cccc(C#CCO)c1)C1CCCOC1. The van der Waals surface area contributed by atoms with Crippen LogP contribution in [0.5, 0.6) is 0 Å². The maximum absolute atomic E-state index is 12.0. The third-order valence-electron chi connectivity index (χ3n) is 2.97. The van der Waals surface area contributed by atoms with Crippen LogP contribution in [0.4, 0.5) is 5.69 Å². The first-order valence-corrected chi connectivity index (χ1v) is 6.38. The van der Waals surface area contributed by atoms with Crippen LogP contribution in [-0.4, -0.2) is 30.8 Å². The summed E-state index contributed by atoms with van der Waals surface area (Å²) >= 11 is 0. The zero-order valence-corrected chi connectivity index (χ0v) is 10.7. The Morgan fingerprint density at radius 1 is 1.53 bits per heavy atom. The van der Waals surface area contributed by atoms with Gasteiger partial charge >= 0.3 is 0 Å². The van der Waals surface area contributed by atoms with Crippen molar-refractivity contribution in [3.8, 4) is 11.8 Å². The van der Waals surface area contributed by atoms with Gasteiger partial charge < -0.3 is 15.2 Å². The molecule has 4 heteroatoms. The number of hydrogen-bond acceptors (Lipinski definition) is 3. The first kappa shape index (κ1) is 13.6. The van der Waals surface area contributed by atoms with Gasteiger partial charge in [-0.15, -0.1) is 0 Å². The quantitative estimate of drug-likeness (QED) is 0.789. The van der Waals surface area contributed by atoms with Gasteiger partial charge in [-0.05, 0) is 31.0 Å². The number of aliphatic hydroxyl groups is 1. The molecule has 19 heavy (non-hydrogen) atoms. The second-order valence-electron chi connectivity index (χ2n) is 4.44. The predicted molar refractivity (Wildman–Crippen MR) is 72.6 cm³/mol. The van der Waals surface area contributed by atoms with Crippen LogP contribution in [0.15, 0.2) is 24.3 Å². The average Bonchev–Trinajstić information content (AvgIpc) is 2.46. The molecule has 0 spiro atoms. The molecule has 1 atom stereocenters. The van der Waals surface area contributed by atoms with Gasteiger partial charge in [0.25, 0.3) is 0 Å². The second kappa shape index (κ2) is 6.93. The maximum atomic E-state index is 12.0. The van der Waals surface area contributed by atoms with Gasteiger partial charge in [0.15, 0.2) is 0 Å². The summed E-state index contributed by atoms with van der Waals surface area (Å²) in [6, 6.07) is 7.28. The predicted octanol–water partition coefficient (Wildman–Crippen LogP) is 1.40. The van der Waals surface area contributed by atoms with E-state index in [1.807, 2.05) is 18.2 Å². The molecule has 1 fully saturated rings. The molecule has 2 rings (SSSR count). The van der Waals surface area contributed by atoms with Crippen molar-refractivity contribution in [3.05, 3.63) is 29.8 Å². The van der Waals surface area contributed by atoms with Crippen molar-refractivity contribution in [2.75, 3.05) is 25.1 Å². The monoisotopic (exact) mass is 259 g/mol. The van der Waals surface area contributed by atoms with E-state index >= 15 is 0 Å². The first-order valence-electron chi connectivity index (χ1n) is 6.38. The number of carbonyl (C=O) groups is 1. The zero-order valence-electron chi connectivity index (χ0n) is 10.7. The molecule has 1 saturated heterocycles. The van der Waals surface area contributed by atoms with Crippen molar-refractivity contribution >= 4 is 11.6 Å². The summed E-state index contributed by atoms with van der Waals surface area (Å²) in [5.41, 5.74) is 1.49. The lowest BCUT2D eigenvalue weighted by atomic mass is 10.0. The Balaban J connectivity index is 1.99. The van der Waals surface area contributed by atoms with Gasteiger partial charge in [0.05, 0.1) is 12.5 Å². The number of rotatable bonds is 2. The van der Waals surface area contributed by atoms with Gasteiger partial charge in [-0.2, -0.15) is 0 Å². The van der Waals surface area contributed by atoms with Crippen LogP contribution in [0.1, 0.15) is 18.4 Å². The number of ether oxygens (including phenoxy) is 1. The van der Waals surface area contributed by atoms with Crippen molar-refractivity contribution < 1.29 is 14.6 Å². The number of benzene rings is 1. The van der Waals surface area contributed by atoms with Gasteiger partial charge in [0.2, 0.25) is 5.91 Å². The van der Waals surface area contributed by atoms with E-state index in [-0.39, 0.29) is 18.4 Å². The molecule has 1 heterocycles. The third-order valence-corrected chi connectivity index (χ3v) is 2.97. The summed E-state index contributed by atoms with van der Waals surface area (Å²) in [7, 11) is 0. The van der Waals surface area contributed by atoms with Crippen LogP contribution in [0.2, 0.25) is 0 Å². The second-order valence-corrected chi connectivity index (χ2v) is 4.44. The van der Waals surface area contributed by atoms with E-state index in [1.54, 1.807) is 6.07 Å². The first-order chi connectivity index (χ1) is 9.29. The molecule has 2 N–H and O–H groups in total. The highest BCUT2D eigenvalue weighted by Gasteiger charge is 2.21. The van der Waals surface area contributed by atoms with Crippen molar-refractivity contribution in [1.82, 2.24) is 0 Å². The van der Waals surface area contributed by atoms with Crippen molar-refractivity contribution in [1.29, 1.82) is 0 Å². The topological polar surface area (TPSA) is 58.6 Å². The molecule has 0 aliphatic carbocycles. The van der Waals surface area contributed by atoms with Crippen molar-refractivity contribution in [3.63, 3.8) is 0 Å². The summed E-state index contributed by atoms with van der Waals surface area (Å²) in [5, 5.41) is 11.5. The molecule has 1 aliphatic heterocycles. The Hall–Kier alpha value is -1.83. The molecule has 0 radical (unpaired) electrons. The lowest BCUT2D eigenvalue weighted by molar-refractivity contribution is -0.123. The number of amides is 1. The minimum atomic E-state index is -0.171. The molecule has 0 saturated carbocycles. The van der Waals surface area contributed by atoms with Gasteiger partial charge in [0.1, 0.15) is 6.61 Å². The Labute approximate surface area is 112 Å². The standard InChI is InChI=1S/C15H17NO3/c17-8-2-5-12-4-1-7-14(10-12)16-15(18)13-6-3-9-19-11-13/h1,4,7,10,13,17H,3,6,8-9,11H2,(H,16,18). The summed E-state index contributed by atoms with van der Waals surface area (Å²) in [5.74, 6) is 5.32. The van der Waals surface area contributed by atoms with Crippen LogP contribution in [0.3, 0.4) is 0 Å². The highest BCUT2D eigenvalue weighted by Crippen LogP contribution is 2.17. The normalized spacial score (nSPS) is 18.3. The lowest BCUT2D eigenvalue weighted by Crippen LogP contribution is -2.30. The van der Waals surface area contributed by atoms with Gasteiger partial charge in [-0.3, -0.25) is 4.79 Å². The smallest absolute Gasteiger partial charge is 0.229 e. The van der Waals surface area contributed by atoms with E-state index in [2.05, 4.69) is 17.2 Å². The van der Waals surface area contributed by atoms with Crippen LogP contribution >= 0.6 is 0 Å². The molecular formula is C15H17NO3. The van der Waals surface area contributed by atoms with E-state index in [4.69, 9.17) is 9.84 Å². The van der Waals surface area contributed by atoms with E-state index in [9.17, 15) is 4.79 Å². The highest BCUT2D eigenvalue weighted by atomic mass is 16.5. The lowest BCUT2D eigenvalue weighted by Gasteiger charge is -2.21. The number of carbonyl (C=O) groups excluding carboxylic acids is 1. The van der Waals surface area contributed by atoms with Crippen molar-refractivity contribution in [2.45, 2.75) is 12.8 Å². The molecule has 4 nitrogen and oxygen atoms in total. The van der Waals surface area contributed by atoms with Crippen LogP contribution in [0.25, 0.3) is 0 Å². The Morgan fingerprint density at radius 3 is 3.16 bits per heavy atom. The number of anilines is 1. The molecule has 1 amide bonds. The van der Waals surface area contributed by atoms with Crippen LogP contribution in [0, 0.1) is 17.8 Å². The Bertz CT molecular complexity index is 496. The Morgan fingerprint density at radius 2 is 2.42 bits per heavy atom. The number of aliphatic hydroxyl groups excluding tert-OH is 1. The molecular weight excluding hydrogens is 242 g/mol. The molecule has 1 aromatic carbocycles. The van der Waals surface area contributed by atoms with E-state index in [0.29, 0.717) is 6.61 Å². The molecule has 1 unspecified atom stereocenters. The van der Waals surface area contributed by atoms with Gasteiger partial charge in [-0.25, -0.2) is 0 Å². The number of nitrogens with one attached hydrogen (secondary N) is 1. The van der Waals surface area contributed by atoms with E-state index in [0.717, 1.165) is 30.7 Å². The van der Waals surface area contributed by atoms with E-state index < -0.39 is 0 Å². The Kier molecular flexibility index (Phi) is 4.96. The fourth-order valence-corrected chi connectivity index (χ4v) is 2.01. The number of hydrogen-bond donors (Lipinski definition) is 2. The molecule has 1 aromatic rings. The minimum absolute atomic E-state index is 0.00744. The summed E-state index contributed by atoms with van der Waals surface area (Å²) in [6.07, 6.45) is 1.80. The van der Waals surface area contributed by atoms with Crippen molar-refractivity contribution in [2.24, 2.45) is 5.92 Å². The largest absolute Gasteiger partial charge is 0.384 e. The van der Waals surface area contributed by atoms with E-state index in [1.165, 1.54) is 0 Å². The summed E-state index contributed by atoms with van der Waals surface area (Å²) < 4.78 is 5.31. The van der Waals surface area contributed by atoms with Crippen LogP contribution < -0.4 is 5.32 Å². The van der Waals surface area contributed by atoms with Gasteiger partial charge in [0, 0.05) is 17.9 Å². The molecule has 0 aromatic heterocycles. The van der Waals surface area contributed by atoms with Gasteiger partial charge in [-0.1, -0.05) is 17.9 Å². The average molecular weight is 259 g/mol. The molecule has 100 valence electrons. The third kappa shape index (κ3) is 4.09. The minimum Gasteiger partial charge on any atom is -0.384 e. The molecule has 0 bridgehead atoms. The van der Waals surface area contributed by atoms with Crippen LogP contribution in [-0.2, 0) is 9.53 Å². The summed E-state index contributed by atoms with van der Waals surface area (Å²) in [6.45, 7) is 1.07. The fourth-order valence-electron chi connectivity index (χ4n) is 2.01. The maximum Gasteiger partial charge on any atom is 0.229 e. The molecule has 1 aliphatic rings.